The van der Waals surface area contributed by atoms with Crippen molar-refractivity contribution in [1.29, 1.82) is 0 Å². The largest absolute Gasteiger partial charge is 0.461 e. The first-order valence-corrected chi connectivity index (χ1v) is 9.60. The van der Waals surface area contributed by atoms with E-state index in [1.54, 1.807) is 13.0 Å². The molecule has 1 heterocycles. The van der Waals surface area contributed by atoms with E-state index in [0.717, 1.165) is 29.7 Å². The number of benzene rings is 1. The Bertz CT molecular complexity index is 857. The van der Waals surface area contributed by atoms with Crippen LogP contribution in [0.2, 0.25) is 10.0 Å². The van der Waals surface area contributed by atoms with Gasteiger partial charge in [-0.3, -0.25) is 4.79 Å². The molecular formula is C20H21Cl2NO3. The third-order valence-corrected chi connectivity index (χ3v) is 5.58. The molecule has 3 rings (SSSR count). The van der Waals surface area contributed by atoms with Crippen molar-refractivity contribution < 1.29 is 14.3 Å². The van der Waals surface area contributed by atoms with Gasteiger partial charge in [0.2, 0.25) is 0 Å². The lowest BCUT2D eigenvalue weighted by Crippen LogP contribution is -2.24. The standard InChI is InChI=1S/C20H21Cl2NO3/c1-3-13-17-16(23-18(13)20(25)26-4-2)8-6-12(19(17)24)9-11-5-7-14(21)15(22)10-11/h5,7,10,12,23H,3-4,6,8-9H2,1-2H3. The molecule has 0 fully saturated rings. The molecular weight excluding hydrogens is 373 g/mol. The maximum Gasteiger partial charge on any atom is 0.355 e. The number of halogens is 2. The second kappa shape index (κ2) is 7.85. The molecule has 26 heavy (non-hydrogen) atoms. The minimum atomic E-state index is -0.396. The first-order chi connectivity index (χ1) is 12.5. The van der Waals surface area contributed by atoms with E-state index in [1.165, 1.54) is 0 Å². The molecule has 1 unspecified atom stereocenters. The molecule has 0 amide bonds. The molecule has 1 aliphatic carbocycles. The zero-order valence-electron chi connectivity index (χ0n) is 14.8. The number of esters is 1. The number of hydrogen-bond donors (Lipinski definition) is 1. The molecule has 1 aliphatic rings. The summed E-state index contributed by atoms with van der Waals surface area (Å²) in [6.45, 7) is 4.02. The Morgan fingerprint density at radius 3 is 2.69 bits per heavy atom. The molecule has 1 N–H and O–H groups in total. The highest BCUT2D eigenvalue weighted by atomic mass is 35.5. The van der Waals surface area contributed by atoms with E-state index in [4.69, 9.17) is 27.9 Å². The second-order valence-electron chi connectivity index (χ2n) is 6.46. The van der Waals surface area contributed by atoms with Crippen LogP contribution in [-0.4, -0.2) is 23.3 Å². The Hall–Kier alpha value is -1.78. The van der Waals surface area contributed by atoms with E-state index in [0.29, 0.717) is 40.8 Å². The van der Waals surface area contributed by atoms with E-state index < -0.39 is 5.97 Å². The normalized spacial score (nSPS) is 16.5. The number of aromatic nitrogens is 1. The summed E-state index contributed by atoms with van der Waals surface area (Å²) in [5.41, 5.74) is 3.69. The number of ketones is 1. The number of aryl methyl sites for hydroxylation is 1. The van der Waals surface area contributed by atoms with Crippen LogP contribution >= 0.6 is 23.2 Å². The lowest BCUT2D eigenvalue weighted by Gasteiger charge is -2.22. The second-order valence-corrected chi connectivity index (χ2v) is 7.27. The van der Waals surface area contributed by atoms with Crippen LogP contribution in [-0.2, 0) is 24.0 Å². The molecule has 0 bridgehead atoms. The van der Waals surface area contributed by atoms with Gasteiger partial charge in [0, 0.05) is 17.2 Å². The predicted octanol–water partition coefficient (Wildman–Crippen LogP) is 5.05. The zero-order chi connectivity index (χ0) is 18.8. The van der Waals surface area contributed by atoms with Crippen LogP contribution < -0.4 is 0 Å². The third kappa shape index (κ3) is 3.53. The first kappa shape index (κ1) is 19.0. The quantitative estimate of drug-likeness (QED) is 0.722. The van der Waals surface area contributed by atoms with Crippen molar-refractivity contribution in [1.82, 2.24) is 4.98 Å². The average molecular weight is 394 g/mol. The van der Waals surface area contributed by atoms with Gasteiger partial charge in [-0.15, -0.1) is 0 Å². The number of rotatable bonds is 5. The van der Waals surface area contributed by atoms with Gasteiger partial charge in [0.1, 0.15) is 5.69 Å². The molecule has 2 aromatic rings. The molecule has 1 atom stereocenters. The monoisotopic (exact) mass is 393 g/mol. The lowest BCUT2D eigenvalue weighted by atomic mass is 9.80. The van der Waals surface area contributed by atoms with Crippen LogP contribution in [0.5, 0.6) is 0 Å². The summed E-state index contributed by atoms with van der Waals surface area (Å²) in [6.07, 6.45) is 2.68. The van der Waals surface area contributed by atoms with Gasteiger partial charge in [0.25, 0.3) is 0 Å². The summed E-state index contributed by atoms with van der Waals surface area (Å²) in [7, 11) is 0. The molecule has 0 aliphatic heterocycles. The van der Waals surface area contributed by atoms with E-state index >= 15 is 0 Å². The minimum Gasteiger partial charge on any atom is -0.461 e. The Morgan fingerprint density at radius 2 is 2.04 bits per heavy atom. The molecule has 0 spiro atoms. The van der Waals surface area contributed by atoms with Crippen molar-refractivity contribution in [2.24, 2.45) is 5.92 Å². The Balaban J connectivity index is 1.89. The summed E-state index contributed by atoms with van der Waals surface area (Å²) in [4.78, 5) is 28.4. The maximum absolute atomic E-state index is 13.1. The minimum absolute atomic E-state index is 0.0842. The molecule has 1 aromatic heterocycles. The molecule has 4 nitrogen and oxygen atoms in total. The highest BCUT2D eigenvalue weighted by molar-refractivity contribution is 6.42. The van der Waals surface area contributed by atoms with Gasteiger partial charge < -0.3 is 9.72 Å². The topological polar surface area (TPSA) is 59.2 Å². The Kier molecular flexibility index (Phi) is 5.73. The highest BCUT2D eigenvalue weighted by Gasteiger charge is 2.34. The zero-order valence-corrected chi connectivity index (χ0v) is 16.3. The summed E-state index contributed by atoms with van der Waals surface area (Å²) >= 11 is 12.1. The van der Waals surface area contributed by atoms with Gasteiger partial charge in [-0.05, 0) is 55.9 Å². The molecule has 0 saturated heterocycles. The maximum atomic E-state index is 13.1. The molecule has 6 heteroatoms. The molecule has 0 radical (unpaired) electrons. The number of Topliss-reactive ketones (excluding diaryl/α,β-unsaturated/α-hetero) is 1. The lowest BCUT2D eigenvalue weighted by molar-refractivity contribution is 0.0519. The van der Waals surface area contributed by atoms with Gasteiger partial charge >= 0.3 is 5.97 Å². The number of aromatic amines is 1. The summed E-state index contributed by atoms with van der Waals surface area (Å²) in [6, 6.07) is 5.47. The summed E-state index contributed by atoms with van der Waals surface area (Å²) in [5, 5.41) is 0.999. The van der Waals surface area contributed by atoms with Crippen LogP contribution in [0, 0.1) is 5.92 Å². The first-order valence-electron chi connectivity index (χ1n) is 8.85. The number of H-pyrrole nitrogens is 1. The molecule has 138 valence electrons. The van der Waals surface area contributed by atoms with Crippen molar-refractivity contribution in [3.8, 4) is 0 Å². The number of carbonyl (C=O) groups excluding carboxylic acids is 2. The van der Waals surface area contributed by atoms with E-state index in [9.17, 15) is 9.59 Å². The van der Waals surface area contributed by atoms with Crippen molar-refractivity contribution in [2.75, 3.05) is 6.61 Å². The van der Waals surface area contributed by atoms with Crippen molar-refractivity contribution in [3.05, 3.63) is 56.3 Å². The fourth-order valence-corrected chi connectivity index (χ4v) is 3.93. The highest BCUT2D eigenvalue weighted by Crippen LogP contribution is 2.33. The Labute approximate surface area is 162 Å². The van der Waals surface area contributed by atoms with Crippen molar-refractivity contribution in [2.45, 2.75) is 39.5 Å². The Morgan fingerprint density at radius 1 is 1.27 bits per heavy atom. The number of hydrogen-bond acceptors (Lipinski definition) is 3. The van der Waals surface area contributed by atoms with Crippen LogP contribution in [0.3, 0.4) is 0 Å². The van der Waals surface area contributed by atoms with Gasteiger partial charge in [-0.2, -0.15) is 0 Å². The number of ether oxygens (including phenoxy) is 1. The van der Waals surface area contributed by atoms with Crippen molar-refractivity contribution in [3.63, 3.8) is 0 Å². The number of fused-ring (bicyclic) bond motifs is 1. The van der Waals surface area contributed by atoms with E-state index in [2.05, 4.69) is 4.98 Å². The van der Waals surface area contributed by atoms with Gasteiger partial charge in [0.05, 0.1) is 16.7 Å². The van der Waals surface area contributed by atoms with Crippen LogP contribution in [0.1, 0.15) is 57.9 Å². The van der Waals surface area contributed by atoms with Crippen molar-refractivity contribution >= 4 is 35.0 Å². The third-order valence-electron chi connectivity index (χ3n) is 4.84. The summed E-state index contributed by atoms with van der Waals surface area (Å²) in [5.74, 6) is -0.440. The van der Waals surface area contributed by atoms with Gasteiger partial charge in [-0.25, -0.2) is 4.79 Å². The van der Waals surface area contributed by atoms with Crippen LogP contribution in [0.25, 0.3) is 0 Å². The molecule has 1 aromatic carbocycles. The van der Waals surface area contributed by atoms with Crippen LogP contribution in [0.4, 0.5) is 0 Å². The molecule has 0 saturated carbocycles. The smallest absolute Gasteiger partial charge is 0.355 e. The number of nitrogens with one attached hydrogen (secondary N) is 1. The fraction of sp³-hybridized carbons (Fsp3) is 0.400. The van der Waals surface area contributed by atoms with Gasteiger partial charge in [-0.1, -0.05) is 36.2 Å². The van der Waals surface area contributed by atoms with E-state index in [-0.39, 0.29) is 11.7 Å². The van der Waals surface area contributed by atoms with Crippen LogP contribution in [0.15, 0.2) is 18.2 Å². The number of carbonyl (C=O) groups is 2. The van der Waals surface area contributed by atoms with E-state index in [1.807, 2.05) is 19.1 Å². The average Bonchev–Trinajstić information content (AvgIpc) is 3.00. The fourth-order valence-electron chi connectivity index (χ4n) is 3.61. The van der Waals surface area contributed by atoms with Gasteiger partial charge in [0.15, 0.2) is 5.78 Å². The summed E-state index contributed by atoms with van der Waals surface area (Å²) < 4.78 is 5.12. The SMILES string of the molecule is CCOC(=O)c1[nH]c2c(c1CC)C(=O)C(Cc1ccc(Cl)c(Cl)c1)CC2. The predicted molar refractivity (Wildman–Crippen MR) is 102 cm³/mol.